The lowest BCUT2D eigenvalue weighted by atomic mass is 9.98. The van der Waals surface area contributed by atoms with Gasteiger partial charge in [0.25, 0.3) is 0 Å². The molecule has 2 heterocycles. The van der Waals surface area contributed by atoms with Crippen LogP contribution in [-0.2, 0) is 38.4 Å². The second-order valence-corrected chi connectivity index (χ2v) is 9.87. The SMILES string of the molecule is CCC(C)C(NC(=O)C(Cc1cnc[nH]1)NC(=O)C(Cc1ccc(O)cc1)NC(=O)C(N)Cc1cnc[nH]1)C(=O)O. The highest BCUT2D eigenvalue weighted by atomic mass is 16.4. The molecule has 3 rings (SSSR count). The minimum Gasteiger partial charge on any atom is -0.508 e. The number of carboxylic acid groups (broad SMARTS) is 1. The molecule has 5 atom stereocenters. The molecule has 41 heavy (non-hydrogen) atoms. The van der Waals surface area contributed by atoms with Gasteiger partial charge in [0.2, 0.25) is 17.7 Å². The lowest BCUT2D eigenvalue weighted by Gasteiger charge is -2.26. The number of carbonyl (C=O) groups excluding carboxylic acids is 3. The van der Waals surface area contributed by atoms with Gasteiger partial charge in [0.05, 0.1) is 18.7 Å². The van der Waals surface area contributed by atoms with E-state index in [1.54, 1.807) is 19.1 Å². The zero-order chi connectivity index (χ0) is 29.9. The van der Waals surface area contributed by atoms with Gasteiger partial charge in [-0.15, -0.1) is 0 Å². The largest absolute Gasteiger partial charge is 0.508 e. The number of benzene rings is 1. The Bertz CT molecular complexity index is 1280. The molecule has 3 aromatic rings. The van der Waals surface area contributed by atoms with Crippen LogP contribution in [0.3, 0.4) is 0 Å². The number of nitrogens with one attached hydrogen (secondary N) is 5. The molecule has 1 aromatic carbocycles. The van der Waals surface area contributed by atoms with E-state index in [9.17, 15) is 29.4 Å². The number of hydrogen-bond acceptors (Lipinski definition) is 8. The van der Waals surface area contributed by atoms with E-state index in [0.717, 1.165) is 0 Å². The van der Waals surface area contributed by atoms with Crippen LogP contribution >= 0.6 is 0 Å². The van der Waals surface area contributed by atoms with Crippen molar-refractivity contribution < 1.29 is 29.4 Å². The molecule has 0 aliphatic carbocycles. The average Bonchev–Trinajstić information content (AvgIpc) is 3.66. The van der Waals surface area contributed by atoms with Crippen molar-refractivity contribution in [1.82, 2.24) is 35.9 Å². The van der Waals surface area contributed by atoms with Crippen LogP contribution in [0.1, 0.15) is 37.2 Å². The molecule has 220 valence electrons. The highest BCUT2D eigenvalue weighted by Crippen LogP contribution is 2.13. The van der Waals surface area contributed by atoms with Gasteiger partial charge < -0.3 is 41.9 Å². The molecule has 2 aromatic heterocycles. The first-order valence-electron chi connectivity index (χ1n) is 13.2. The summed E-state index contributed by atoms with van der Waals surface area (Å²) < 4.78 is 0. The summed E-state index contributed by atoms with van der Waals surface area (Å²) in [4.78, 5) is 65.3. The minimum atomic E-state index is -1.19. The number of carboxylic acids is 1. The minimum absolute atomic E-state index is 0.0103. The number of aromatic hydroxyl groups is 1. The number of nitrogens with two attached hydrogens (primary N) is 1. The summed E-state index contributed by atoms with van der Waals surface area (Å²) in [7, 11) is 0. The van der Waals surface area contributed by atoms with Gasteiger partial charge in [-0.2, -0.15) is 0 Å². The maximum Gasteiger partial charge on any atom is 0.326 e. The van der Waals surface area contributed by atoms with Crippen molar-refractivity contribution in [3.63, 3.8) is 0 Å². The molecular formula is C27H36N8O6. The predicted molar refractivity (Wildman–Crippen MR) is 147 cm³/mol. The summed E-state index contributed by atoms with van der Waals surface area (Å²) in [5, 5.41) is 27.2. The van der Waals surface area contributed by atoms with Gasteiger partial charge in [-0.25, -0.2) is 14.8 Å². The van der Waals surface area contributed by atoms with Crippen LogP contribution in [0.5, 0.6) is 5.75 Å². The van der Waals surface area contributed by atoms with E-state index >= 15 is 0 Å². The van der Waals surface area contributed by atoms with Crippen molar-refractivity contribution in [2.24, 2.45) is 11.7 Å². The molecule has 3 amide bonds. The van der Waals surface area contributed by atoms with E-state index in [4.69, 9.17) is 5.73 Å². The van der Waals surface area contributed by atoms with Crippen LogP contribution in [0.4, 0.5) is 0 Å². The number of aromatic amines is 2. The number of hydrogen-bond donors (Lipinski definition) is 8. The van der Waals surface area contributed by atoms with Crippen LogP contribution < -0.4 is 21.7 Å². The number of amides is 3. The molecule has 0 fully saturated rings. The van der Waals surface area contributed by atoms with Crippen LogP contribution in [0.25, 0.3) is 0 Å². The first-order chi connectivity index (χ1) is 19.6. The number of aliphatic carboxylic acids is 1. The van der Waals surface area contributed by atoms with E-state index in [1.807, 2.05) is 6.92 Å². The number of imidazole rings is 2. The Balaban J connectivity index is 1.82. The smallest absolute Gasteiger partial charge is 0.326 e. The van der Waals surface area contributed by atoms with Gasteiger partial charge in [0.15, 0.2) is 0 Å². The van der Waals surface area contributed by atoms with Gasteiger partial charge in [-0.05, 0) is 23.6 Å². The van der Waals surface area contributed by atoms with E-state index < -0.39 is 47.9 Å². The lowest BCUT2D eigenvalue weighted by Crippen LogP contribution is -2.58. The number of nitrogens with zero attached hydrogens (tertiary/aromatic N) is 2. The molecule has 0 aliphatic heterocycles. The van der Waals surface area contributed by atoms with E-state index in [-0.39, 0.29) is 30.9 Å². The molecule has 0 aliphatic rings. The second kappa shape index (κ2) is 14.6. The average molecular weight is 569 g/mol. The van der Waals surface area contributed by atoms with Crippen LogP contribution in [0, 0.1) is 5.92 Å². The summed E-state index contributed by atoms with van der Waals surface area (Å²) in [5.41, 5.74) is 7.87. The monoisotopic (exact) mass is 568 g/mol. The van der Waals surface area contributed by atoms with Crippen molar-refractivity contribution in [2.45, 2.75) is 63.7 Å². The number of aromatic nitrogens is 4. The molecule has 5 unspecified atom stereocenters. The highest BCUT2D eigenvalue weighted by Gasteiger charge is 2.32. The normalized spacial score (nSPS) is 14.7. The first-order valence-corrected chi connectivity index (χ1v) is 13.2. The Morgan fingerprint density at radius 1 is 0.854 bits per heavy atom. The maximum absolute atomic E-state index is 13.6. The molecule has 0 radical (unpaired) electrons. The summed E-state index contributed by atoms with van der Waals surface area (Å²) in [6, 6.07) is 1.60. The fourth-order valence-corrected chi connectivity index (χ4v) is 4.12. The lowest BCUT2D eigenvalue weighted by molar-refractivity contribution is -0.143. The molecule has 0 saturated carbocycles. The molecule has 0 bridgehead atoms. The van der Waals surface area contributed by atoms with Crippen molar-refractivity contribution in [3.05, 3.63) is 66.3 Å². The first kappa shape index (κ1) is 30.8. The van der Waals surface area contributed by atoms with Gasteiger partial charge >= 0.3 is 5.97 Å². The Morgan fingerprint density at radius 2 is 1.39 bits per heavy atom. The molecule has 14 heteroatoms. The fourth-order valence-electron chi connectivity index (χ4n) is 4.12. The second-order valence-electron chi connectivity index (χ2n) is 9.87. The van der Waals surface area contributed by atoms with Crippen LogP contribution in [0.15, 0.2) is 49.3 Å². The van der Waals surface area contributed by atoms with Crippen molar-refractivity contribution in [2.75, 3.05) is 0 Å². The topological polar surface area (TPSA) is 228 Å². The summed E-state index contributed by atoms with van der Waals surface area (Å²) in [6.07, 6.45) is 6.57. The number of H-pyrrole nitrogens is 2. The number of carbonyl (C=O) groups is 4. The standard InChI is InChI=1S/C27H36N8O6/c1-3-15(2)23(27(40)41)35-26(39)22(10-18-12-30-14-32-18)34-25(38)21(8-16-4-6-19(36)7-5-16)33-24(37)20(28)9-17-11-29-13-31-17/h4-7,11-15,20-23,36H,3,8-10,28H2,1-2H3,(H,29,31)(H,30,32)(H,33,37)(H,34,38)(H,35,39)(H,40,41). The van der Waals surface area contributed by atoms with E-state index in [2.05, 4.69) is 35.9 Å². The summed E-state index contributed by atoms with van der Waals surface area (Å²) in [6.45, 7) is 3.52. The summed E-state index contributed by atoms with van der Waals surface area (Å²) >= 11 is 0. The predicted octanol–water partition coefficient (Wildman–Crippen LogP) is -0.221. The zero-order valence-electron chi connectivity index (χ0n) is 22.8. The number of rotatable bonds is 15. The quantitative estimate of drug-likeness (QED) is 0.121. The fraction of sp³-hybridized carbons (Fsp3) is 0.407. The van der Waals surface area contributed by atoms with Gasteiger partial charge in [-0.1, -0.05) is 32.4 Å². The van der Waals surface area contributed by atoms with Crippen LogP contribution in [0.2, 0.25) is 0 Å². The highest BCUT2D eigenvalue weighted by molar-refractivity contribution is 5.94. The van der Waals surface area contributed by atoms with Gasteiger partial charge in [0.1, 0.15) is 23.9 Å². The van der Waals surface area contributed by atoms with Crippen molar-refractivity contribution in [1.29, 1.82) is 0 Å². The Kier molecular flexibility index (Phi) is 11.0. The zero-order valence-corrected chi connectivity index (χ0v) is 22.8. The molecule has 0 saturated heterocycles. The van der Waals surface area contributed by atoms with Crippen molar-refractivity contribution in [3.8, 4) is 5.75 Å². The Hall–Kier alpha value is -4.72. The maximum atomic E-state index is 13.6. The van der Waals surface area contributed by atoms with Crippen LogP contribution in [-0.4, -0.2) is 78.0 Å². The molecule has 0 spiro atoms. The van der Waals surface area contributed by atoms with E-state index in [1.165, 1.54) is 37.2 Å². The van der Waals surface area contributed by atoms with Gasteiger partial charge in [0, 0.05) is 43.0 Å². The van der Waals surface area contributed by atoms with E-state index in [0.29, 0.717) is 23.4 Å². The number of phenolic OH excluding ortho intramolecular Hbond substituents is 1. The third kappa shape index (κ3) is 9.17. The molecule has 9 N–H and O–H groups in total. The third-order valence-corrected chi connectivity index (χ3v) is 6.73. The third-order valence-electron chi connectivity index (χ3n) is 6.73. The molecule has 14 nitrogen and oxygen atoms in total. The van der Waals surface area contributed by atoms with Gasteiger partial charge in [-0.3, -0.25) is 14.4 Å². The molecular weight excluding hydrogens is 532 g/mol. The summed E-state index contributed by atoms with van der Waals surface area (Å²) in [5.74, 6) is -3.51. The Labute approximate surface area is 236 Å². The Morgan fingerprint density at radius 3 is 1.93 bits per heavy atom. The number of phenols is 1. The van der Waals surface area contributed by atoms with Crippen molar-refractivity contribution >= 4 is 23.7 Å².